The normalized spacial score (nSPS) is 11.8. The Morgan fingerprint density at radius 3 is 2.00 bits per heavy atom. The van der Waals surface area contributed by atoms with Gasteiger partial charge in [-0.25, -0.2) is 0 Å². The lowest BCUT2D eigenvalue weighted by atomic mass is 10.1. The van der Waals surface area contributed by atoms with Crippen LogP contribution in [0.3, 0.4) is 0 Å². The van der Waals surface area contributed by atoms with Gasteiger partial charge in [0.05, 0.1) is 6.10 Å². The average molecular weight is 235 g/mol. The molecule has 1 aromatic carbocycles. The molecule has 1 aromatic rings. The van der Waals surface area contributed by atoms with Crippen molar-refractivity contribution in [2.75, 3.05) is 6.54 Å². The van der Waals surface area contributed by atoms with Gasteiger partial charge < -0.3 is 15.9 Å². The Bertz CT molecular complexity index is 298. The molecule has 6 nitrogen and oxygen atoms in total. The van der Waals surface area contributed by atoms with E-state index in [1.54, 1.807) is 12.1 Å². The summed E-state index contributed by atoms with van der Waals surface area (Å²) < 4.78 is 22.8. The van der Waals surface area contributed by atoms with Crippen molar-refractivity contribution in [1.29, 1.82) is 0 Å². The Morgan fingerprint density at radius 2 is 1.67 bits per heavy atom. The lowest BCUT2D eigenvalue weighted by molar-refractivity contribution is 0.186. The summed E-state index contributed by atoms with van der Waals surface area (Å²) >= 11 is -2.61. The fraction of sp³-hybridized carbons (Fsp3) is 0.250. The largest absolute Gasteiger partial charge is 0.508 e. The summed E-state index contributed by atoms with van der Waals surface area (Å²) in [5, 5.41) is 18.1. The molecular formula is C8H13NO5S. The molecule has 0 aromatic heterocycles. The number of hydrogen-bond donors (Lipinski definition) is 5. The first-order valence-electron chi connectivity index (χ1n) is 3.94. The number of phenolic OH excluding ortho intramolecular Hbond substituents is 1. The van der Waals surface area contributed by atoms with Crippen LogP contribution < -0.4 is 5.73 Å². The van der Waals surface area contributed by atoms with Crippen molar-refractivity contribution in [3.8, 4) is 5.75 Å². The molecule has 86 valence electrons. The molecule has 1 unspecified atom stereocenters. The van der Waals surface area contributed by atoms with Gasteiger partial charge in [-0.2, -0.15) is 4.21 Å². The Hall–Kier alpha value is -0.990. The number of hydrogen-bond acceptors (Lipinski definition) is 4. The molecule has 15 heavy (non-hydrogen) atoms. The molecule has 0 aliphatic carbocycles. The van der Waals surface area contributed by atoms with Crippen LogP contribution in [0.1, 0.15) is 11.7 Å². The van der Waals surface area contributed by atoms with Crippen molar-refractivity contribution in [3.63, 3.8) is 0 Å². The first-order chi connectivity index (χ1) is 6.97. The molecule has 0 heterocycles. The number of aliphatic hydroxyl groups excluding tert-OH is 1. The average Bonchev–Trinajstić information content (AvgIpc) is 2.17. The third-order valence-corrected chi connectivity index (χ3v) is 1.50. The van der Waals surface area contributed by atoms with E-state index in [9.17, 15) is 5.11 Å². The standard InChI is InChI=1S/C8H11NO2.H2O3S/c9-5-8(11)6-1-3-7(10)4-2-6;1-4(2)3/h1-4,8,10-11H,5,9H2;(H2,1,2,3). The van der Waals surface area contributed by atoms with Crippen LogP contribution in [0.2, 0.25) is 0 Å². The third kappa shape index (κ3) is 7.00. The van der Waals surface area contributed by atoms with E-state index in [1.165, 1.54) is 12.1 Å². The van der Waals surface area contributed by atoms with E-state index in [-0.39, 0.29) is 12.3 Å². The molecule has 0 saturated heterocycles. The van der Waals surface area contributed by atoms with Gasteiger partial charge in [-0.3, -0.25) is 9.11 Å². The predicted octanol–water partition coefficient (Wildman–Crippen LogP) is 0.0654. The van der Waals surface area contributed by atoms with E-state index in [1.807, 2.05) is 0 Å². The maximum Gasteiger partial charge on any atom is 0.299 e. The van der Waals surface area contributed by atoms with Gasteiger partial charge in [0.25, 0.3) is 11.4 Å². The number of aliphatic hydroxyl groups is 1. The fourth-order valence-corrected chi connectivity index (χ4v) is 0.833. The molecule has 0 amide bonds. The van der Waals surface area contributed by atoms with E-state index in [0.717, 1.165) is 5.56 Å². The van der Waals surface area contributed by atoms with Crippen LogP contribution in [0.25, 0.3) is 0 Å². The molecule has 0 aliphatic heterocycles. The molecule has 6 N–H and O–H groups in total. The minimum absolute atomic E-state index is 0.193. The predicted molar refractivity (Wildman–Crippen MR) is 55.5 cm³/mol. The van der Waals surface area contributed by atoms with E-state index in [2.05, 4.69) is 0 Å². The second kappa shape index (κ2) is 7.32. The highest BCUT2D eigenvalue weighted by atomic mass is 32.2. The van der Waals surface area contributed by atoms with Crippen LogP contribution in [-0.4, -0.2) is 30.1 Å². The van der Waals surface area contributed by atoms with Crippen LogP contribution in [0.5, 0.6) is 5.75 Å². The zero-order valence-electron chi connectivity index (χ0n) is 7.78. The molecule has 1 rings (SSSR count). The van der Waals surface area contributed by atoms with Crippen molar-refractivity contribution >= 4 is 11.4 Å². The summed E-state index contributed by atoms with van der Waals surface area (Å²) in [6.45, 7) is 0.199. The highest BCUT2D eigenvalue weighted by Crippen LogP contribution is 2.15. The second-order valence-electron chi connectivity index (χ2n) is 2.57. The second-order valence-corrected chi connectivity index (χ2v) is 3.04. The SMILES string of the molecule is NCC(O)c1ccc(O)cc1.O=S(O)O. The van der Waals surface area contributed by atoms with Gasteiger partial charge in [-0.1, -0.05) is 12.1 Å². The minimum Gasteiger partial charge on any atom is -0.508 e. The highest BCUT2D eigenvalue weighted by molar-refractivity contribution is 7.73. The summed E-state index contributed by atoms with van der Waals surface area (Å²) in [5.41, 5.74) is 5.96. The van der Waals surface area contributed by atoms with Crippen LogP contribution in [-0.2, 0) is 11.4 Å². The van der Waals surface area contributed by atoms with E-state index in [4.69, 9.17) is 24.2 Å². The third-order valence-electron chi connectivity index (χ3n) is 1.50. The van der Waals surface area contributed by atoms with Gasteiger partial charge in [0, 0.05) is 6.54 Å². The number of benzene rings is 1. The van der Waals surface area contributed by atoms with Crippen molar-refractivity contribution in [3.05, 3.63) is 29.8 Å². The zero-order chi connectivity index (χ0) is 11.8. The van der Waals surface area contributed by atoms with Gasteiger partial charge in [-0.05, 0) is 17.7 Å². The van der Waals surface area contributed by atoms with Gasteiger partial charge in [-0.15, -0.1) is 0 Å². The Balaban J connectivity index is 0.000000423. The molecule has 0 aliphatic rings. The van der Waals surface area contributed by atoms with Crippen LogP contribution in [0.15, 0.2) is 24.3 Å². The monoisotopic (exact) mass is 235 g/mol. The van der Waals surface area contributed by atoms with Gasteiger partial charge in [0.2, 0.25) is 0 Å². The Labute approximate surface area is 89.5 Å². The Kier molecular flexibility index (Phi) is 6.84. The number of rotatable bonds is 2. The van der Waals surface area contributed by atoms with Crippen molar-refractivity contribution in [1.82, 2.24) is 0 Å². The number of phenols is 1. The van der Waals surface area contributed by atoms with Gasteiger partial charge >= 0.3 is 0 Å². The van der Waals surface area contributed by atoms with Crippen molar-refractivity contribution < 1.29 is 23.5 Å². The lowest BCUT2D eigenvalue weighted by Gasteiger charge is -2.06. The number of aromatic hydroxyl groups is 1. The van der Waals surface area contributed by atoms with Crippen molar-refractivity contribution in [2.45, 2.75) is 6.10 Å². The van der Waals surface area contributed by atoms with Crippen LogP contribution in [0, 0.1) is 0 Å². The van der Waals surface area contributed by atoms with Gasteiger partial charge in [0.1, 0.15) is 5.75 Å². The van der Waals surface area contributed by atoms with Crippen molar-refractivity contribution in [2.24, 2.45) is 5.73 Å². The van der Waals surface area contributed by atoms with E-state index in [0.29, 0.717) is 0 Å². The summed E-state index contributed by atoms with van der Waals surface area (Å²) in [6.07, 6.45) is -0.629. The quantitative estimate of drug-likeness (QED) is 0.462. The lowest BCUT2D eigenvalue weighted by Crippen LogP contribution is -2.10. The minimum atomic E-state index is -2.61. The summed E-state index contributed by atoms with van der Waals surface area (Å²) in [6, 6.07) is 6.34. The molecular weight excluding hydrogens is 222 g/mol. The maximum atomic E-state index is 9.21. The summed E-state index contributed by atoms with van der Waals surface area (Å²) in [4.78, 5) is 0. The van der Waals surface area contributed by atoms with Gasteiger partial charge in [0.15, 0.2) is 0 Å². The first-order valence-corrected chi connectivity index (χ1v) is 5.00. The molecule has 0 spiro atoms. The summed E-state index contributed by atoms with van der Waals surface area (Å²) in [5.74, 6) is 0.193. The van der Waals surface area contributed by atoms with E-state index < -0.39 is 17.5 Å². The first kappa shape index (κ1) is 14.0. The molecule has 7 heteroatoms. The smallest absolute Gasteiger partial charge is 0.299 e. The molecule has 0 saturated carbocycles. The molecule has 0 radical (unpaired) electrons. The molecule has 0 fully saturated rings. The molecule has 0 bridgehead atoms. The zero-order valence-corrected chi connectivity index (χ0v) is 8.59. The maximum absolute atomic E-state index is 9.21. The summed E-state index contributed by atoms with van der Waals surface area (Å²) in [7, 11) is 0. The highest BCUT2D eigenvalue weighted by Gasteiger charge is 2.02. The number of nitrogens with two attached hydrogens (primary N) is 1. The fourth-order valence-electron chi connectivity index (χ4n) is 0.833. The van der Waals surface area contributed by atoms with Crippen LogP contribution in [0.4, 0.5) is 0 Å². The van der Waals surface area contributed by atoms with Crippen LogP contribution >= 0.6 is 0 Å². The molecule has 1 atom stereocenters. The Morgan fingerprint density at radius 1 is 1.27 bits per heavy atom. The topological polar surface area (TPSA) is 124 Å². The van der Waals surface area contributed by atoms with E-state index >= 15 is 0 Å².